The number of benzene rings is 1. The first-order chi connectivity index (χ1) is 9.28. The Hall–Kier alpha value is -2.07. The van der Waals surface area contributed by atoms with E-state index in [0.717, 1.165) is 23.2 Å². The summed E-state index contributed by atoms with van der Waals surface area (Å²) in [6, 6.07) is 9.77. The van der Waals surface area contributed by atoms with Gasteiger partial charge in [0.1, 0.15) is 0 Å². The molecule has 0 amide bonds. The van der Waals surface area contributed by atoms with Crippen molar-refractivity contribution in [3.05, 3.63) is 53.3 Å². The predicted molar refractivity (Wildman–Crippen MR) is 74.5 cm³/mol. The molecular formula is C15H18N2O2. The van der Waals surface area contributed by atoms with E-state index in [1.165, 1.54) is 0 Å². The molecule has 0 atom stereocenters. The second-order valence-electron chi connectivity index (χ2n) is 4.18. The maximum Gasteiger partial charge on any atom is 0.161 e. The van der Waals surface area contributed by atoms with Crippen molar-refractivity contribution in [2.45, 2.75) is 13.0 Å². The monoisotopic (exact) mass is 258 g/mol. The second kappa shape index (κ2) is 6.20. The number of nitrogens with zero attached hydrogens (tertiary/aromatic N) is 1. The molecule has 0 bridgehead atoms. The van der Waals surface area contributed by atoms with Crippen LogP contribution in [0.2, 0.25) is 0 Å². The molecule has 0 saturated heterocycles. The first kappa shape index (κ1) is 13.4. The molecule has 0 saturated carbocycles. The molecule has 0 aliphatic carbocycles. The van der Waals surface area contributed by atoms with Crippen LogP contribution in [0.25, 0.3) is 0 Å². The third kappa shape index (κ3) is 3.03. The Morgan fingerprint density at radius 3 is 2.26 bits per heavy atom. The SMILES string of the molecule is COc1cc(CN)c(Cc2ccccn2)cc1OC. The molecule has 1 heterocycles. The number of hydrogen-bond acceptors (Lipinski definition) is 4. The van der Waals surface area contributed by atoms with Crippen LogP contribution in [0.4, 0.5) is 0 Å². The maximum atomic E-state index is 5.80. The van der Waals surface area contributed by atoms with E-state index in [2.05, 4.69) is 4.98 Å². The molecule has 100 valence electrons. The third-order valence-electron chi connectivity index (χ3n) is 3.02. The quantitative estimate of drug-likeness (QED) is 0.892. The first-order valence-corrected chi connectivity index (χ1v) is 6.12. The number of nitrogens with two attached hydrogens (primary N) is 1. The largest absolute Gasteiger partial charge is 0.493 e. The molecule has 1 aromatic carbocycles. The van der Waals surface area contributed by atoms with Crippen LogP contribution in [0.1, 0.15) is 16.8 Å². The minimum absolute atomic E-state index is 0.461. The van der Waals surface area contributed by atoms with Crippen LogP contribution >= 0.6 is 0 Å². The summed E-state index contributed by atoms with van der Waals surface area (Å²) in [6.45, 7) is 0.461. The topological polar surface area (TPSA) is 57.4 Å². The summed E-state index contributed by atoms with van der Waals surface area (Å²) in [5, 5.41) is 0. The summed E-state index contributed by atoms with van der Waals surface area (Å²) in [5.74, 6) is 1.42. The van der Waals surface area contributed by atoms with Crippen LogP contribution in [0.5, 0.6) is 11.5 Å². The average Bonchev–Trinajstić information content (AvgIpc) is 2.47. The zero-order valence-corrected chi connectivity index (χ0v) is 11.2. The highest BCUT2D eigenvalue weighted by molar-refractivity contribution is 5.48. The van der Waals surface area contributed by atoms with Gasteiger partial charge in [-0.15, -0.1) is 0 Å². The van der Waals surface area contributed by atoms with Gasteiger partial charge in [-0.1, -0.05) is 6.07 Å². The van der Waals surface area contributed by atoms with Gasteiger partial charge in [-0.25, -0.2) is 0 Å². The van der Waals surface area contributed by atoms with Gasteiger partial charge >= 0.3 is 0 Å². The molecule has 0 spiro atoms. The first-order valence-electron chi connectivity index (χ1n) is 6.12. The Morgan fingerprint density at radius 2 is 1.74 bits per heavy atom. The van der Waals surface area contributed by atoms with Crippen molar-refractivity contribution in [1.29, 1.82) is 0 Å². The molecule has 0 radical (unpaired) electrons. The van der Waals surface area contributed by atoms with E-state index in [1.54, 1.807) is 20.4 Å². The minimum atomic E-state index is 0.461. The Labute approximate surface area is 113 Å². The van der Waals surface area contributed by atoms with Gasteiger partial charge in [0.2, 0.25) is 0 Å². The molecular weight excluding hydrogens is 240 g/mol. The standard InChI is InChI=1S/C15H18N2O2/c1-18-14-8-11(7-13-5-3-4-6-17-13)12(10-16)9-15(14)19-2/h3-6,8-9H,7,10,16H2,1-2H3. The van der Waals surface area contributed by atoms with E-state index >= 15 is 0 Å². The van der Waals surface area contributed by atoms with E-state index in [1.807, 2.05) is 30.3 Å². The van der Waals surface area contributed by atoms with Crippen molar-refractivity contribution in [2.24, 2.45) is 5.73 Å². The zero-order chi connectivity index (χ0) is 13.7. The maximum absolute atomic E-state index is 5.80. The van der Waals surface area contributed by atoms with E-state index in [9.17, 15) is 0 Å². The zero-order valence-electron chi connectivity index (χ0n) is 11.2. The van der Waals surface area contributed by atoms with E-state index < -0.39 is 0 Å². The molecule has 0 aliphatic heterocycles. The van der Waals surface area contributed by atoms with Gasteiger partial charge < -0.3 is 15.2 Å². The van der Waals surface area contributed by atoms with E-state index in [-0.39, 0.29) is 0 Å². The summed E-state index contributed by atoms with van der Waals surface area (Å²) >= 11 is 0. The highest BCUT2D eigenvalue weighted by atomic mass is 16.5. The lowest BCUT2D eigenvalue weighted by Gasteiger charge is -2.13. The van der Waals surface area contributed by atoms with Gasteiger partial charge in [0.05, 0.1) is 14.2 Å². The molecule has 2 rings (SSSR count). The van der Waals surface area contributed by atoms with Gasteiger partial charge in [-0.3, -0.25) is 4.98 Å². The molecule has 0 unspecified atom stereocenters. The van der Waals surface area contributed by atoms with Gasteiger partial charge in [0.15, 0.2) is 11.5 Å². The average molecular weight is 258 g/mol. The second-order valence-corrected chi connectivity index (χ2v) is 4.18. The number of methoxy groups -OCH3 is 2. The van der Waals surface area contributed by atoms with Gasteiger partial charge in [0, 0.05) is 24.9 Å². The molecule has 4 heteroatoms. The molecule has 0 aliphatic rings. The highest BCUT2D eigenvalue weighted by Gasteiger charge is 2.11. The molecule has 19 heavy (non-hydrogen) atoms. The van der Waals surface area contributed by atoms with Crippen LogP contribution in [0.15, 0.2) is 36.5 Å². The lowest BCUT2D eigenvalue weighted by atomic mass is 10.0. The van der Waals surface area contributed by atoms with Crippen LogP contribution in [0, 0.1) is 0 Å². The Bertz CT molecular complexity index is 541. The minimum Gasteiger partial charge on any atom is -0.493 e. The molecule has 2 aromatic rings. The van der Waals surface area contributed by atoms with Crippen molar-refractivity contribution in [1.82, 2.24) is 4.98 Å². The molecule has 4 nitrogen and oxygen atoms in total. The number of rotatable bonds is 5. The summed E-state index contributed by atoms with van der Waals surface area (Å²) in [6.07, 6.45) is 2.52. The van der Waals surface area contributed by atoms with Gasteiger partial charge in [-0.2, -0.15) is 0 Å². The van der Waals surface area contributed by atoms with Crippen molar-refractivity contribution in [3.8, 4) is 11.5 Å². The molecule has 1 aromatic heterocycles. The summed E-state index contributed by atoms with van der Waals surface area (Å²) in [4.78, 5) is 4.33. The lowest BCUT2D eigenvalue weighted by Crippen LogP contribution is -2.05. The van der Waals surface area contributed by atoms with Gasteiger partial charge in [-0.05, 0) is 35.4 Å². The van der Waals surface area contributed by atoms with E-state index in [0.29, 0.717) is 18.0 Å². The summed E-state index contributed by atoms with van der Waals surface area (Å²) in [5.41, 5.74) is 8.96. The van der Waals surface area contributed by atoms with Crippen molar-refractivity contribution in [3.63, 3.8) is 0 Å². The fourth-order valence-electron chi connectivity index (χ4n) is 2.02. The predicted octanol–water partition coefficient (Wildman–Crippen LogP) is 2.15. The van der Waals surface area contributed by atoms with E-state index in [4.69, 9.17) is 15.2 Å². The third-order valence-corrected chi connectivity index (χ3v) is 3.02. The van der Waals surface area contributed by atoms with Crippen LogP contribution in [-0.2, 0) is 13.0 Å². The fraction of sp³-hybridized carbons (Fsp3) is 0.267. The molecule has 2 N–H and O–H groups in total. The Kier molecular flexibility index (Phi) is 4.36. The van der Waals surface area contributed by atoms with Crippen LogP contribution < -0.4 is 15.2 Å². The van der Waals surface area contributed by atoms with Crippen molar-refractivity contribution >= 4 is 0 Å². The summed E-state index contributed by atoms with van der Waals surface area (Å²) in [7, 11) is 3.25. The highest BCUT2D eigenvalue weighted by Crippen LogP contribution is 2.31. The number of ether oxygens (including phenoxy) is 2. The number of aromatic nitrogens is 1. The molecule has 0 fully saturated rings. The number of hydrogen-bond donors (Lipinski definition) is 1. The smallest absolute Gasteiger partial charge is 0.161 e. The van der Waals surface area contributed by atoms with Crippen LogP contribution in [-0.4, -0.2) is 19.2 Å². The fourth-order valence-corrected chi connectivity index (χ4v) is 2.02. The Balaban J connectivity index is 2.38. The van der Waals surface area contributed by atoms with Crippen molar-refractivity contribution in [2.75, 3.05) is 14.2 Å². The normalized spacial score (nSPS) is 10.3. The van der Waals surface area contributed by atoms with Crippen LogP contribution in [0.3, 0.4) is 0 Å². The lowest BCUT2D eigenvalue weighted by molar-refractivity contribution is 0.354. The number of pyridine rings is 1. The van der Waals surface area contributed by atoms with Crippen molar-refractivity contribution < 1.29 is 9.47 Å². The Morgan fingerprint density at radius 1 is 1.05 bits per heavy atom. The van der Waals surface area contributed by atoms with Gasteiger partial charge in [0.25, 0.3) is 0 Å². The summed E-state index contributed by atoms with van der Waals surface area (Å²) < 4.78 is 10.6.